The molecule has 1 fully saturated rings. The van der Waals surface area contributed by atoms with Crippen LogP contribution in [0.5, 0.6) is 0 Å². The van der Waals surface area contributed by atoms with Gasteiger partial charge in [-0.15, -0.1) is 0 Å². The van der Waals surface area contributed by atoms with Gasteiger partial charge in [0.05, 0.1) is 5.56 Å². The molecule has 5 nitrogen and oxygen atoms in total. The van der Waals surface area contributed by atoms with Crippen LogP contribution in [0.1, 0.15) is 41.3 Å². The minimum absolute atomic E-state index is 0.0699. The van der Waals surface area contributed by atoms with E-state index in [0.717, 1.165) is 12.1 Å². The third-order valence-electron chi connectivity index (χ3n) is 5.81. The van der Waals surface area contributed by atoms with Gasteiger partial charge >= 0.3 is 6.18 Å². The highest BCUT2D eigenvalue weighted by Gasteiger charge is 2.35. The van der Waals surface area contributed by atoms with Crippen LogP contribution in [0, 0.1) is 0 Å². The zero-order valence-corrected chi connectivity index (χ0v) is 18.9. The lowest BCUT2D eigenvalue weighted by atomic mass is 10.1. The Hall–Kier alpha value is -2.68. The van der Waals surface area contributed by atoms with Gasteiger partial charge in [-0.25, -0.2) is 0 Å². The molecule has 9 heteroatoms. The molecule has 0 radical (unpaired) electrons. The molecule has 1 N–H and O–H groups in total. The number of likely N-dealkylation sites (tertiary alicyclic amines) is 1. The van der Waals surface area contributed by atoms with Crippen LogP contribution in [-0.2, 0) is 27.4 Å². The highest BCUT2D eigenvalue weighted by atomic mass is 32.2. The molecule has 0 aromatic heterocycles. The predicted octanol–water partition coefficient (Wildman–Crippen LogP) is 3.65. The Morgan fingerprint density at radius 2 is 1.84 bits per heavy atom. The lowest BCUT2D eigenvalue weighted by Crippen LogP contribution is -2.45. The predicted molar refractivity (Wildman–Crippen MR) is 118 cm³/mol. The summed E-state index contributed by atoms with van der Waals surface area (Å²) in [4.78, 5) is 28.0. The number of thiol groups is 1. The fourth-order valence-electron chi connectivity index (χ4n) is 3.68. The van der Waals surface area contributed by atoms with Crippen molar-refractivity contribution in [1.29, 1.82) is 0 Å². The second kappa shape index (κ2) is 9.44. The Kier molecular flexibility index (Phi) is 7.07. The first kappa shape index (κ1) is 24.0. The maximum Gasteiger partial charge on any atom is 0.416 e. The van der Waals surface area contributed by atoms with Gasteiger partial charge in [0.1, 0.15) is 6.04 Å². The summed E-state index contributed by atoms with van der Waals surface area (Å²) >= 11 is 0. The van der Waals surface area contributed by atoms with Crippen LogP contribution < -0.4 is 5.32 Å². The van der Waals surface area contributed by atoms with Gasteiger partial charge in [0.15, 0.2) is 0 Å². The maximum absolute atomic E-state index is 13.1. The van der Waals surface area contributed by atoms with Gasteiger partial charge in [-0.1, -0.05) is 35.1 Å². The topological polar surface area (TPSA) is 66.5 Å². The monoisotopic (exact) mass is 468 g/mol. The highest BCUT2D eigenvalue weighted by Crippen LogP contribution is 2.29. The third kappa shape index (κ3) is 5.38. The summed E-state index contributed by atoms with van der Waals surface area (Å²) in [7, 11) is -2.54. The molecule has 2 aromatic rings. The molecule has 1 atom stereocenters. The van der Waals surface area contributed by atoms with Crippen molar-refractivity contribution in [2.75, 3.05) is 18.6 Å². The number of nitrogens with one attached hydrogen (secondary N) is 1. The standard InChI is InChI=1S/C23H27F3N2O3S/c1-3-32(2,31)19-7-4-6-17(14-19)22(30)28-13-5-8-20(28)21(29)27-15-16-9-11-18(12-10-16)23(24,25)26/h4,6-7,9-12,14,20,32H,3,5,8,13,15H2,1-2H3,(H,27,29)/t20-/m1/s1. The van der Waals surface area contributed by atoms with Crippen LogP contribution in [0.25, 0.3) is 0 Å². The Morgan fingerprint density at radius 3 is 2.47 bits per heavy atom. The lowest BCUT2D eigenvalue weighted by Gasteiger charge is -2.25. The number of carbonyl (C=O) groups is 2. The summed E-state index contributed by atoms with van der Waals surface area (Å²) < 4.78 is 50.8. The van der Waals surface area contributed by atoms with E-state index in [1.165, 1.54) is 17.0 Å². The molecule has 1 saturated heterocycles. The number of benzene rings is 2. The Balaban J connectivity index is 1.67. The number of carbonyl (C=O) groups excluding carboxylic acids is 2. The van der Waals surface area contributed by atoms with Crippen molar-refractivity contribution < 1.29 is 27.0 Å². The number of amides is 2. The summed E-state index contributed by atoms with van der Waals surface area (Å²) in [5, 5.41) is 2.72. The van der Waals surface area contributed by atoms with E-state index in [0.29, 0.717) is 41.2 Å². The van der Waals surface area contributed by atoms with Gasteiger partial charge in [-0.05, 0) is 55.0 Å². The largest absolute Gasteiger partial charge is 0.416 e. The van der Waals surface area contributed by atoms with Crippen molar-refractivity contribution in [2.45, 2.75) is 43.4 Å². The van der Waals surface area contributed by atoms with Gasteiger partial charge < -0.3 is 10.2 Å². The van der Waals surface area contributed by atoms with Crippen molar-refractivity contribution in [2.24, 2.45) is 0 Å². The lowest BCUT2D eigenvalue weighted by molar-refractivity contribution is -0.137. The molecule has 0 bridgehead atoms. The Morgan fingerprint density at radius 1 is 1.16 bits per heavy atom. The van der Waals surface area contributed by atoms with Crippen molar-refractivity contribution in [3.05, 3.63) is 65.2 Å². The molecule has 32 heavy (non-hydrogen) atoms. The van der Waals surface area contributed by atoms with Gasteiger partial charge in [0.2, 0.25) is 5.91 Å². The first-order valence-corrected chi connectivity index (χ1v) is 12.8. The number of nitrogens with zero attached hydrogens (tertiary/aromatic N) is 1. The second-order valence-corrected chi connectivity index (χ2v) is 11.4. The number of hydrogen-bond acceptors (Lipinski definition) is 3. The van der Waals surface area contributed by atoms with Crippen LogP contribution >= 0.6 is 0 Å². The fourth-order valence-corrected chi connectivity index (χ4v) is 4.86. The van der Waals surface area contributed by atoms with E-state index < -0.39 is 27.7 Å². The summed E-state index contributed by atoms with van der Waals surface area (Å²) in [5.41, 5.74) is 0.177. The van der Waals surface area contributed by atoms with E-state index in [1.807, 2.05) is 6.92 Å². The molecule has 3 rings (SSSR count). The molecule has 0 spiro atoms. The maximum atomic E-state index is 13.1. The minimum Gasteiger partial charge on any atom is -0.350 e. The highest BCUT2D eigenvalue weighted by molar-refractivity contribution is 8.02. The molecule has 0 aliphatic carbocycles. The number of rotatable bonds is 6. The summed E-state index contributed by atoms with van der Waals surface area (Å²) in [6.07, 6.45) is -1.55. The first-order valence-electron chi connectivity index (χ1n) is 10.4. The molecule has 1 aliphatic rings. The molecular weight excluding hydrogens is 441 g/mol. The van der Waals surface area contributed by atoms with Crippen molar-refractivity contribution in [3.63, 3.8) is 0 Å². The van der Waals surface area contributed by atoms with E-state index in [4.69, 9.17) is 0 Å². The van der Waals surface area contributed by atoms with Crippen LogP contribution in [-0.4, -0.2) is 45.5 Å². The van der Waals surface area contributed by atoms with Crippen LogP contribution in [0.2, 0.25) is 0 Å². The van der Waals surface area contributed by atoms with E-state index in [-0.39, 0.29) is 18.4 Å². The molecule has 174 valence electrons. The quantitative estimate of drug-likeness (QED) is 0.636. The Bertz CT molecular complexity index is 1040. The zero-order chi connectivity index (χ0) is 23.5. The van der Waals surface area contributed by atoms with Gasteiger partial charge in [0, 0.05) is 29.3 Å². The molecule has 0 unspecified atom stereocenters. The van der Waals surface area contributed by atoms with Crippen LogP contribution in [0.3, 0.4) is 0 Å². The SMILES string of the molecule is CC[SH](C)(=O)c1cccc(C(=O)N2CCC[C@@H]2C(=O)NCc2ccc(C(F)(F)F)cc2)c1. The van der Waals surface area contributed by atoms with Crippen LogP contribution in [0.4, 0.5) is 13.2 Å². The molecule has 0 saturated carbocycles. The first-order chi connectivity index (χ1) is 15.0. The molecule has 1 heterocycles. The van der Waals surface area contributed by atoms with E-state index in [9.17, 15) is 27.0 Å². The summed E-state index contributed by atoms with van der Waals surface area (Å²) in [6, 6.07) is 10.7. The molecule has 1 aliphatic heterocycles. The molecule has 2 aromatic carbocycles. The van der Waals surface area contributed by atoms with Gasteiger partial charge in [0.25, 0.3) is 5.91 Å². The number of hydrogen-bond donors (Lipinski definition) is 2. The smallest absolute Gasteiger partial charge is 0.350 e. The van der Waals surface area contributed by atoms with Crippen molar-refractivity contribution in [3.8, 4) is 0 Å². The fraction of sp³-hybridized carbons (Fsp3) is 0.391. The Labute approximate surface area is 186 Å². The average Bonchev–Trinajstić information content (AvgIpc) is 3.26. The zero-order valence-electron chi connectivity index (χ0n) is 18.0. The van der Waals surface area contributed by atoms with E-state index >= 15 is 0 Å². The van der Waals surface area contributed by atoms with Gasteiger partial charge in [-0.2, -0.15) is 13.2 Å². The number of alkyl halides is 3. The average molecular weight is 469 g/mol. The van der Waals surface area contributed by atoms with E-state index in [2.05, 4.69) is 5.32 Å². The van der Waals surface area contributed by atoms with E-state index in [1.54, 1.807) is 30.5 Å². The second-order valence-electron chi connectivity index (χ2n) is 8.04. The minimum atomic E-state index is -4.41. The normalized spacial score (nSPS) is 17.3. The van der Waals surface area contributed by atoms with Crippen molar-refractivity contribution in [1.82, 2.24) is 10.2 Å². The molecule has 2 amide bonds. The van der Waals surface area contributed by atoms with Crippen molar-refractivity contribution >= 4 is 21.7 Å². The summed E-state index contributed by atoms with van der Waals surface area (Å²) in [5.74, 6) is -0.152. The third-order valence-corrected chi connectivity index (χ3v) is 8.38. The molecular formula is C23H27F3N2O3S. The summed E-state index contributed by atoms with van der Waals surface area (Å²) in [6.45, 7) is 2.34. The van der Waals surface area contributed by atoms with Gasteiger partial charge in [-0.3, -0.25) is 13.8 Å². The number of halogens is 3. The van der Waals surface area contributed by atoms with Crippen LogP contribution in [0.15, 0.2) is 53.4 Å².